The number of thiophene rings is 1. The molecule has 1 N–H and O–H groups in total. The Morgan fingerprint density at radius 2 is 2.08 bits per heavy atom. The second-order valence-corrected chi connectivity index (χ2v) is 7.19. The largest absolute Gasteiger partial charge is 0.376 e. The number of ketones is 1. The number of amides is 2. The zero-order chi connectivity index (χ0) is 17.6. The van der Waals surface area contributed by atoms with E-state index in [0.717, 1.165) is 24.3 Å². The van der Waals surface area contributed by atoms with Crippen molar-refractivity contribution in [2.45, 2.75) is 32.4 Å². The van der Waals surface area contributed by atoms with Gasteiger partial charge >= 0.3 is 6.03 Å². The summed E-state index contributed by atoms with van der Waals surface area (Å²) in [6, 6.07) is 10.8. The molecule has 1 aromatic carbocycles. The number of urea groups is 1. The molecule has 2 amide bonds. The van der Waals surface area contributed by atoms with Gasteiger partial charge in [0.2, 0.25) is 0 Å². The minimum atomic E-state index is -0.153. The summed E-state index contributed by atoms with van der Waals surface area (Å²) in [7, 11) is 0. The van der Waals surface area contributed by atoms with Crippen molar-refractivity contribution in [3.8, 4) is 0 Å². The van der Waals surface area contributed by atoms with E-state index in [1.54, 1.807) is 40.5 Å². The lowest BCUT2D eigenvalue weighted by molar-refractivity contribution is 0.0821. The molecule has 1 fully saturated rings. The number of carbonyl (C=O) groups excluding carboxylic acids is 2. The van der Waals surface area contributed by atoms with Gasteiger partial charge < -0.3 is 15.0 Å². The molecule has 1 aliphatic heterocycles. The highest BCUT2D eigenvalue weighted by Gasteiger charge is 2.23. The lowest BCUT2D eigenvalue weighted by Gasteiger charge is -2.25. The predicted octanol–water partition coefficient (Wildman–Crippen LogP) is 4.16. The molecule has 1 aliphatic rings. The van der Waals surface area contributed by atoms with Gasteiger partial charge in [0.25, 0.3) is 0 Å². The van der Waals surface area contributed by atoms with Gasteiger partial charge in [0, 0.05) is 29.3 Å². The molecule has 0 aliphatic carbocycles. The average molecular weight is 358 g/mol. The number of hydrogen-bond donors (Lipinski definition) is 1. The van der Waals surface area contributed by atoms with Gasteiger partial charge in [-0.3, -0.25) is 4.79 Å². The summed E-state index contributed by atoms with van der Waals surface area (Å²) >= 11 is 1.64. The Bertz CT molecular complexity index is 707. The van der Waals surface area contributed by atoms with Gasteiger partial charge in [-0.05, 0) is 55.5 Å². The number of benzene rings is 1. The SMILES string of the molecule is CC(=O)c1ccc(NC(=O)N(Cc2cccs2)CC2CCCO2)cc1. The Morgan fingerprint density at radius 1 is 1.28 bits per heavy atom. The average Bonchev–Trinajstić information content (AvgIpc) is 3.28. The van der Waals surface area contributed by atoms with Gasteiger partial charge in [0.1, 0.15) is 0 Å². The molecule has 0 saturated carbocycles. The van der Waals surface area contributed by atoms with Crippen LogP contribution in [0, 0.1) is 0 Å². The standard InChI is InChI=1S/C19H22N2O3S/c1-14(22)15-6-8-16(9-7-15)20-19(23)21(12-17-4-2-10-24-17)13-18-5-3-11-25-18/h3,5-9,11,17H,2,4,10,12-13H2,1H3,(H,20,23). The van der Waals surface area contributed by atoms with E-state index in [9.17, 15) is 9.59 Å². The number of hydrogen-bond acceptors (Lipinski definition) is 4. The normalized spacial score (nSPS) is 16.6. The number of Topliss-reactive ketones (excluding diaryl/α,β-unsaturated/α-hetero) is 1. The fourth-order valence-corrected chi connectivity index (χ4v) is 3.55. The van der Waals surface area contributed by atoms with Crippen LogP contribution in [0.1, 0.15) is 35.0 Å². The van der Waals surface area contributed by atoms with Crippen LogP contribution in [0.5, 0.6) is 0 Å². The third-order valence-corrected chi connectivity index (χ3v) is 5.07. The van der Waals surface area contributed by atoms with Crippen molar-refractivity contribution in [3.63, 3.8) is 0 Å². The fraction of sp³-hybridized carbons (Fsp3) is 0.368. The van der Waals surface area contributed by atoms with Crippen LogP contribution in [0.4, 0.5) is 10.5 Å². The first-order valence-electron chi connectivity index (χ1n) is 8.43. The highest BCUT2D eigenvalue weighted by Crippen LogP contribution is 2.19. The van der Waals surface area contributed by atoms with Crippen molar-refractivity contribution >= 4 is 28.8 Å². The third kappa shape index (κ3) is 4.90. The fourth-order valence-electron chi connectivity index (χ4n) is 2.83. The van der Waals surface area contributed by atoms with Crippen LogP contribution in [-0.4, -0.2) is 36.0 Å². The molecule has 0 spiro atoms. The van der Waals surface area contributed by atoms with Crippen molar-refractivity contribution in [1.29, 1.82) is 0 Å². The van der Waals surface area contributed by atoms with Crippen molar-refractivity contribution in [2.75, 3.05) is 18.5 Å². The molecule has 1 unspecified atom stereocenters. The van der Waals surface area contributed by atoms with Gasteiger partial charge in [0.15, 0.2) is 5.78 Å². The van der Waals surface area contributed by atoms with Crippen LogP contribution in [0.3, 0.4) is 0 Å². The van der Waals surface area contributed by atoms with Crippen LogP contribution in [0.25, 0.3) is 0 Å². The van der Waals surface area contributed by atoms with Crippen LogP contribution < -0.4 is 5.32 Å². The Hall–Kier alpha value is -2.18. The van der Waals surface area contributed by atoms with Crippen LogP contribution in [0.2, 0.25) is 0 Å². The summed E-state index contributed by atoms with van der Waals surface area (Å²) in [6.07, 6.45) is 2.14. The van der Waals surface area contributed by atoms with E-state index < -0.39 is 0 Å². The van der Waals surface area contributed by atoms with Crippen LogP contribution >= 0.6 is 11.3 Å². The van der Waals surface area contributed by atoms with Gasteiger partial charge in [-0.25, -0.2) is 4.79 Å². The monoisotopic (exact) mass is 358 g/mol. The first-order chi connectivity index (χ1) is 12.1. The first kappa shape index (κ1) is 17.6. The highest BCUT2D eigenvalue weighted by molar-refractivity contribution is 7.09. The molecule has 25 heavy (non-hydrogen) atoms. The molecule has 1 aromatic heterocycles. The molecule has 5 nitrogen and oxygen atoms in total. The lowest BCUT2D eigenvalue weighted by Crippen LogP contribution is -2.39. The van der Waals surface area contributed by atoms with Gasteiger partial charge in [-0.15, -0.1) is 11.3 Å². The maximum atomic E-state index is 12.7. The number of carbonyl (C=O) groups is 2. The summed E-state index contributed by atoms with van der Waals surface area (Å²) in [5, 5.41) is 4.93. The quantitative estimate of drug-likeness (QED) is 0.789. The van der Waals surface area contributed by atoms with Crippen LogP contribution in [-0.2, 0) is 11.3 Å². The van der Waals surface area contributed by atoms with Crippen molar-refractivity contribution in [1.82, 2.24) is 4.90 Å². The molecule has 3 rings (SSSR count). The molecular formula is C19H22N2O3S. The zero-order valence-electron chi connectivity index (χ0n) is 14.2. The molecule has 0 radical (unpaired) electrons. The molecule has 132 valence electrons. The lowest BCUT2D eigenvalue weighted by atomic mass is 10.1. The predicted molar refractivity (Wildman–Crippen MR) is 99.2 cm³/mol. The Balaban J connectivity index is 1.67. The smallest absolute Gasteiger partial charge is 0.322 e. The van der Waals surface area contributed by atoms with Crippen LogP contribution in [0.15, 0.2) is 41.8 Å². The van der Waals surface area contributed by atoms with Crippen molar-refractivity contribution < 1.29 is 14.3 Å². The maximum absolute atomic E-state index is 12.7. The topological polar surface area (TPSA) is 58.6 Å². The van der Waals surface area contributed by atoms with E-state index in [1.165, 1.54) is 6.92 Å². The second kappa shape index (κ2) is 8.27. The molecule has 0 bridgehead atoms. The Morgan fingerprint density at radius 3 is 2.68 bits per heavy atom. The van der Waals surface area contributed by atoms with E-state index >= 15 is 0 Å². The zero-order valence-corrected chi connectivity index (χ0v) is 15.1. The molecule has 2 heterocycles. The maximum Gasteiger partial charge on any atom is 0.322 e. The van der Waals surface area contributed by atoms with E-state index in [-0.39, 0.29) is 17.9 Å². The number of nitrogens with one attached hydrogen (secondary N) is 1. The summed E-state index contributed by atoms with van der Waals surface area (Å²) in [4.78, 5) is 27.0. The summed E-state index contributed by atoms with van der Waals surface area (Å²) in [5.41, 5.74) is 1.31. The molecule has 2 aromatic rings. The molecular weight excluding hydrogens is 336 g/mol. The van der Waals surface area contributed by atoms with Gasteiger partial charge in [-0.2, -0.15) is 0 Å². The first-order valence-corrected chi connectivity index (χ1v) is 9.30. The van der Waals surface area contributed by atoms with Gasteiger partial charge in [-0.1, -0.05) is 6.07 Å². The molecule has 6 heteroatoms. The molecule has 1 saturated heterocycles. The van der Waals surface area contributed by atoms with Crippen molar-refractivity contribution in [2.24, 2.45) is 0 Å². The number of ether oxygens (including phenoxy) is 1. The van der Waals surface area contributed by atoms with E-state index in [1.807, 2.05) is 17.5 Å². The highest BCUT2D eigenvalue weighted by atomic mass is 32.1. The number of anilines is 1. The molecule has 1 atom stereocenters. The van der Waals surface area contributed by atoms with E-state index in [0.29, 0.717) is 24.3 Å². The van der Waals surface area contributed by atoms with E-state index in [4.69, 9.17) is 4.74 Å². The second-order valence-electron chi connectivity index (χ2n) is 6.16. The van der Waals surface area contributed by atoms with Crippen molar-refractivity contribution in [3.05, 3.63) is 52.2 Å². The summed E-state index contributed by atoms with van der Waals surface area (Å²) in [5.74, 6) is 0.00980. The van der Waals surface area contributed by atoms with E-state index in [2.05, 4.69) is 5.32 Å². The summed E-state index contributed by atoms with van der Waals surface area (Å²) in [6.45, 7) is 3.44. The van der Waals surface area contributed by atoms with Gasteiger partial charge in [0.05, 0.1) is 12.6 Å². The minimum absolute atomic E-state index is 0.00980. The third-order valence-electron chi connectivity index (χ3n) is 4.20. The summed E-state index contributed by atoms with van der Waals surface area (Å²) < 4.78 is 5.69. The number of nitrogens with zero attached hydrogens (tertiary/aromatic N) is 1. The number of rotatable bonds is 6. The Labute approximate surface area is 151 Å². The minimum Gasteiger partial charge on any atom is -0.376 e. The Kier molecular flexibility index (Phi) is 5.83.